The molecule has 0 amide bonds. The van der Waals surface area contributed by atoms with Crippen molar-refractivity contribution in [1.29, 1.82) is 0 Å². The van der Waals surface area contributed by atoms with Gasteiger partial charge in [0.1, 0.15) is 11.6 Å². The van der Waals surface area contributed by atoms with Crippen LogP contribution in [-0.2, 0) is 22.5 Å². The summed E-state index contributed by atoms with van der Waals surface area (Å²) in [6, 6.07) is 17.3. The van der Waals surface area contributed by atoms with Crippen LogP contribution in [0.3, 0.4) is 0 Å². The second-order valence-electron chi connectivity index (χ2n) is 9.78. The number of carboxylic acid groups (broad SMARTS) is 1. The largest absolute Gasteiger partial charge is 0.493 e. The van der Waals surface area contributed by atoms with E-state index in [1.807, 2.05) is 12.1 Å². The molecule has 3 aromatic rings. The van der Waals surface area contributed by atoms with Gasteiger partial charge in [-0.25, -0.2) is 4.39 Å². The molecule has 35 heavy (non-hydrogen) atoms. The molecular formula is C29H32FNO4. The lowest BCUT2D eigenvalue weighted by Crippen LogP contribution is -2.44. The van der Waals surface area contributed by atoms with Gasteiger partial charge in [-0.05, 0) is 84.0 Å². The Balaban J connectivity index is 1.43. The normalized spacial score (nSPS) is 14.3. The Labute approximate surface area is 205 Å². The van der Waals surface area contributed by atoms with Crippen molar-refractivity contribution in [1.82, 2.24) is 0 Å². The molecule has 0 aliphatic carbocycles. The first kappa shape index (κ1) is 24.7. The number of aryl methyl sites for hydroxylation is 3. The first-order valence-electron chi connectivity index (χ1n) is 11.9. The van der Waals surface area contributed by atoms with Gasteiger partial charge in [-0.2, -0.15) is 0 Å². The highest BCUT2D eigenvalue weighted by Gasteiger charge is 2.34. The Hall–Kier alpha value is -3.38. The molecule has 6 heteroatoms. The van der Waals surface area contributed by atoms with E-state index in [1.165, 1.54) is 11.6 Å². The monoisotopic (exact) mass is 477 g/mol. The lowest BCUT2D eigenvalue weighted by molar-refractivity contribution is -0.136. The number of rotatable bonds is 10. The first-order valence-corrected chi connectivity index (χ1v) is 11.9. The molecule has 0 saturated carbocycles. The van der Waals surface area contributed by atoms with Gasteiger partial charge < -0.3 is 19.9 Å². The number of aliphatic carboxylic acids is 1. The summed E-state index contributed by atoms with van der Waals surface area (Å²) in [7, 11) is 0. The summed E-state index contributed by atoms with van der Waals surface area (Å²) in [4.78, 5) is 10.7. The van der Waals surface area contributed by atoms with Crippen LogP contribution in [0.1, 0.15) is 35.6 Å². The lowest BCUT2D eigenvalue weighted by Gasteiger charge is -2.37. The summed E-state index contributed by atoms with van der Waals surface area (Å²) in [6.07, 6.45) is 0.0938. The molecular weight excluding hydrogens is 445 g/mol. The molecule has 5 nitrogen and oxygen atoms in total. The van der Waals surface area contributed by atoms with E-state index in [9.17, 15) is 9.18 Å². The van der Waals surface area contributed by atoms with Crippen LogP contribution in [0.15, 0.2) is 54.6 Å². The molecule has 1 heterocycles. The molecule has 1 fully saturated rings. The van der Waals surface area contributed by atoms with E-state index in [0.29, 0.717) is 24.4 Å². The molecule has 0 bridgehead atoms. The van der Waals surface area contributed by atoms with Gasteiger partial charge in [0.2, 0.25) is 0 Å². The zero-order chi connectivity index (χ0) is 25.0. The van der Waals surface area contributed by atoms with Crippen LogP contribution in [-0.4, -0.2) is 30.9 Å². The highest BCUT2D eigenvalue weighted by Crippen LogP contribution is 2.33. The maximum Gasteiger partial charge on any atom is 0.303 e. The van der Waals surface area contributed by atoms with Crippen LogP contribution in [0.4, 0.5) is 10.1 Å². The smallest absolute Gasteiger partial charge is 0.303 e. The first-order chi connectivity index (χ1) is 16.7. The van der Waals surface area contributed by atoms with Crippen molar-refractivity contribution in [3.8, 4) is 16.9 Å². The number of nitrogens with one attached hydrogen (secondary N) is 1. The Bertz CT molecular complexity index is 1200. The summed E-state index contributed by atoms with van der Waals surface area (Å²) >= 11 is 0. The zero-order valence-electron chi connectivity index (χ0n) is 20.5. The van der Waals surface area contributed by atoms with E-state index in [0.717, 1.165) is 41.2 Å². The van der Waals surface area contributed by atoms with Crippen LogP contribution < -0.4 is 10.1 Å². The fraction of sp³-hybridized carbons (Fsp3) is 0.345. The Morgan fingerprint density at radius 1 is 1.11 bits per heavy atom. The van der Waals surface area contributed by atoms with E-state index in [-0.39, 0.29) is 18.3 Å². The van der Waals surface area contributed by atoms with Crippen molar-refractivity contribution in [3.05, 3.63) is 82.7 Å². The number of carboxylic acids is 1. The molecule has 0 aromatic heterocycles. The quantitative estimate of drug-likeness (QED) is 0.366. The third-order valence-electron chi connectivity index (χ3n) is 6.37. The molecule has 0 unspecified atom stereocenters. The summed E-state index contributed by atoms with van der Waals surface area (Å²) in [5.41, 5.74) is 6.86. The number of benzene rings is 3. The van der Waals surface area contributed by atoms with E-state index < -0.39 is 11.8 Å². The van der Waals surface area contributed by atoms with E-state index >= 15 is 0 Å². The second kappa shape index (κ2) is 10.5. The van der Waals surface area contributed by atoms with Gasteiger partial charge in [-0.3, -0.25) is 4.79 Å². The minimum Gasteiger partial charge on any atom is -0.493 e. The van der Waals surface area contributed by atoms with Crippen LogP contribution in [0, 0.1) is 25.1 Å². The second-order valence-corrected chi connectivity index (χ2v) is 9.78. The summed E-state index contributed by atoms with van der Waals surface area (Å²) in [6.45, 7) is 9.05. The van der Waals surface area contributed by atoms with Crippen molar-refractivity contribution in [2.75, 3.05) is 25.1 Å². The summed E-state index contributed by atoms with van der Waals surface area (Å²) < 4.78 is 25.7. The maximum atomic E-state index is 14.3. The molecule has 0 radical (unpaired) electrons. The third kappa shape index (κ3) is 6.20. The van der Waals surface area contributed by atoms with Gasteiger partial charge in [-0.15, -0.1) is 0 Å². The SMILES string of the molecule is Cc1cc(OCC2(C)COC2)cc(C)c1-c1cccc(CNc2ccc(CCC(=O)O)c(F)c2)c1. The average molecular weight is 478 g/mol. The standard InChI is InChI=1S/C29H32FNO4/c1-19-11-25(35-18-29(3)16-34-17-29)12-20(2)28(19)23-6-4-5-21(13-23)15-31-24-9-7-22(26(30)14-24)8-10-27(32)33/h4-7,9,11-14,31H,8,10,15-18H2,1-3H3,(H,32,33). The summed E-state index contributed by atoms with van der Waals surface area (Å²) in [5.74, 6) is -0.446. The Morgan fingerprint density at radius 2 is 1.86 bits per heavy atom. The highest BCUT2D eigenvalue weighted by atomic mass is 19.1. The number of anilines is 1. The molecule has 1 saturated heterocycles. The molecule has 0 spiro atoms. The van der Waals surface area contributed by atoms with Gasteiger partial charge >= 0.3 is 5.97 Å². The summed E-state index contributed by atoms with van der Waals surface area (Å²) in [5, 5.41) is 12.1. The number of carbonyl (C=O) groups is 1. The molecule has 1 aliphatic rings. The van der Waals surface area contributed by atoms with E-state index in [2.05, 4.69) is 50.4 Å². The Kier molecular flexibility index (Phi) is 7.41. The number of hydrogen-bond acceptors (Lipinski definition) is 4. The topological polar surface area (TPSA) is 67.8 Å². The number of hydrogen-bond donors (Lipinski definition) is 2. The van der Waals surface area contributed by atoms with Gasteiger partial charge in [0.05, 0.1) is 19.8 Å². The van der Waals surface area contributed by atoms with Gasteiger partial charge in [0, 0.05) is 24.1 Å². The van der Waals surface area contributed by atoms with Crippen molar-refractivity contribution in [2.24, 2.45) is 5.41 Å². The predicted molar refractivity (Wildman–Crippen MR) is 135 cm³/mol. The van der Waals surface area contributed by atoms with E-state index in [4.69, 9.17) is 14.6 Å². The fourth-order valence-corrected chi connectivity index (χ4v) is 4.40. The van der Waals surface area contributed by atoms with Crippen LogP contribution in [0.2, 0.25) is 0 Å². The van der Waals surface area contributed by atoms with Crippen molar-refractivity contribution in [2.45, 2.75) is 40.2 Å². The minimum atomic E-state index is -0.933. The molecule has 2 N–H and O–H groups in total. The molecule has 0 atom stereocenters. The van der Waals surface area contributed by atoms with Crippen molar-refractivity contribution in [3.63, 3.8) is 0 Å². The highest BCUT2D eigenvalue weighted by molar-refractivity contribution is 5.72. The fourth-order valence-electron chi connectivity index (χ4n) is 4.40. The average Bonchev–Trinajstić information content (AvgIpc) is 2.79. The van der Waals surface area contributed by atoms with Gasteiger partial charge in [0.15, 0.2) is 0 Å². The zero-order valence-corrected chi connectivity index (χ0v) is 20.5. The maximum absolute atomic E-state index is 14.3. The lowest BCUT2D eigenvalue weighted by atomic mass is 9.90. The van der Waals surface area contributed by atoms with Gasteiger partial charge in [0.25, 0.3) is 0 Å². The van der Waals surface area contributed by atoms with Crippen LogP contribution in [0.25, 0.3) is 11.1 Å². The van der Waals surface area contributed by atoms with Crippen molar-refractivity contribution >= 4 is 11.7 Å². The molecule has 184 valence electrons. The molecule has 1 aliphatic heterocycles. The molecule has 3 aromatic carbocycles. The van der Waals surface area contributed by atoms with Crippen LogP contribution in [0.5, 0.6) is 5.75 Å². The van der Waals surface area contributed by atoms with Gasteiger partial charge in [-0.1, -0.05) is 31.2 Å². The Morgan fingerprint density at radius 3 is 2.49 bits per heavy atom. The predicted octanol–water partition coefficient (Wildman–Crippen LogP) is 6.15. The number of halogens is 1. The van der Waals surface area contributed by atoms with Crippen LogP contribution >= 0.6 is 0 Å². The molecule has 4 rings (SSSR count). The van der Waals surface area contributed by atoms with E-state index in [1.54, 1.807) is 12.1 Å². The number of ether oxygens (including phenoxy) is 2. The van der Waals surface area contributed by atoms with Crippen molar-refractivity contribution < 1.29 is 23.8 Å². The third-order valence-corrected chi connectivity index (χ3v) is 6.37. The minimum absolute atomic E-state index is 0.0865.